The van der Waals surface area contributed by atoms with Gasteiger partial charge in [0, 0.05) is 32.9 Å². The van der Waals surface area contributed by atoms with Gasteiger partial charge in [0.15, 0.2) is 15.8 Å². The molecule has 1 aliphatic rings. The molecule has 0 aliphatic carbocycles. The Bertz CT molecular complexity index is 714. The van der Waals surface area contributed by atoms with Crippen molar-refractivity contribution < 1.29 is 21.6 Å². The zero-order valence-corrected chi connectivity index (χ0v) is 13.6. The second-order valence-electron chi connectivity index (χ2n) is 5.43. The number of hydrogen-bond donors (Lipinski definition) is 1. The molecule has 0 aromatic heterocycles. The van der Waals surface area contributed by atoms with Crippen LogP contribution in [0.3, 0.4) is 0 Å². The number of nitrogens with one attached hydrogen (secondary N) is 1. The molecule has 1 N–H and O–H groups in total. The summed E-state index contributed by atoms with van der Waals surface area (Å²) in [7, 11) is -2.10. The molecule has 9 heteroatoms. The highest BCUT2D eigenvalue weighted by Gasteiger charge is 2.36. The van der Waals surface area contributed by atoms with Crippen LogP contribution in [0.4, 0.5) is 13.2 Å². The third-order valence-electron chi connectivity index (χ3n) is 3.47. The average molecular weight is 349 g/mol. The summed E-state index contributed by atoms with van der Waals surface area (Å²) < 4.78 is 62.3. The molecule has 1 aromatic rings. The lowest BCUT2D eigenvalue weighted by atomic mass is 10.1. The average Bonchev–Trinajstić information content (AvgIpc) is 2.44. The second kappa shape index (κ2) is 6.38. The van der Waals surface area contributed by atoms with Crippen molar-refractivity contribution in [1.29, 1.82) is 0 Å². The Labute approximate surface area is 133 Å². The summed E-state index contributed by atoms with van der Waals surface area (Å²) in [6.45, 7) is 1.64. The Morgan fingerprint density at radius 2 is 2.04 bits per heavy atom. The van der Waals surface area contributed by atoms with Crippen LogP contribution in [-0.2, 0) is 22.6 Å². The van der Waals surface area contributed by atoms with E-state index in [1.54, 1.807) is 0 Å². The van der Waals surface area contributed by atoms with Crippen LogP contribution >= 0.6 is 0 Å². The van der Waals surface area contributed by atoms with Gasteiger partial charge in [-0.1, -0.05) is 6.07 Å². The quantitative estimate of drug-likeness (QED) is 0.905. The van der Waals surface area contributed by atoms with Gasteiger partial charge in [-0.2, -0.15) is 13.2 Å². The number of guanidine groups is 1. The van der Waals surface area contributed by atoms with Crippen LogP contribution in [0.1, 0.15) is 17.5 Å². The standard InChI is InChI=1S/C14H18F3N3O2S/c1-20-7-3-6-18-13(20)19-9-10-4-5-12(23(2,21)22)11(8-10)14(15,16)17/h4-5,8H,3,6-7,9H2,1-2H3,(H,18,19). The van der Waals surface area contributed by atoms with Crippen LogP contribution in [0.15, 0.2) is 28.1 Å². The minimum absolute atomic E-state index is 0.135. The van der Waals surface area contributed by atoms with Crippen LogP contribution < -0.4 is 5.32 Å². The van der Waals surface area contributed by atoms with E-state index in [-0.39, 0.29) is 6.54 Å². The Hall–Kier alpha value is -1.77. The summed E-state index contributed by atoms with van der Waals surface area (Å²) in [6.07, 6.45) is -3.03. The molecule has 0 radical (unpaired) electrons. The van der Waals surface area contributed by atoms with Gasteiger partial charge in [-0.25, -0.2) is 8.42 Å². The van der Waals surface area contributed by atoms with Gasteiger partial charge in [-0.05, 0) is 24.1 Å². The summed E-state index contributed by atoms with van der Waals surface area (Å²) in [6, 6.07) is 3.25. The molecule has 0 atom stereocenters. The van der Waals surface area contributed by atoms with Crippen LogP contribution in [-0.4, -0.2) is 45.7 Å². The molecule has 0 amide bonds. The van der Waals surface area contributed by atoms with Crippen LogP contribution in [0.25, 0.3) is 0 Å². The highest BCUT2D eigenvalue weighted by Crippen LogP contribution is 2.34. The molecule has 1 aliphatic heterocycles. The van der Waals surface area contributed by atoms with Gasteiger partial charge in [0.1, 0.15) is 0 Å². The molecule has 0 fully saturated rings. The van der Waals surface area contributed by atoms with E-state index in [0.29, 0.717) is 18.1 Å². The van der Waals surface area contributed by atoms with Gasteiger partial charge in [0.25, 0.3) is 0 Å². The fourth-order valence-electron chi connectivity index (χ4n) is 2.32. The number of benzene rings is 1. The lowest BCUT2D eigenvalue weighted by molar-refractivity contribution is -0.139. The normalized spacial score (nSPS) is 16.2. The maximum atomic E-state index is 13.1. The van der Waals surface area contributed by atoms with Gasteiger partial charge < -0.3 is 10.2 Å². The fourth-order valence-corrected chi connectivity index (χ4v) is 3.21. The van der Waals surface area contributed by atoms with E-state index >= 15 is 0 Å². The number of alkyl halides is 3. The molecule has 0 bridgehead atoms. The molecule has 0 saturated heterocycles. The maximum Gasteiger partial charge on any atom is 0.417 e. The lowest BCUT2D eigenvalue weighted by Gasteiger charge is -2.25. The molecule has 2 rings (SSSR count). The van der Waals surface area contributed by atoms with Gasteiger partial charge in [-0.3, -0.25) is 4.99 Å². The monoisotopic (exact) mass is 349 g/mol. The van der Waals surface area contributed by atoms with Crippen LogP contribution in [0, 0.1) is 0 Å². The smallest absolute Gasteiger partial charge is 0.352 e. The first-order valence-electron chi connectivity index (χ1n) is 6.98. The number of aliphatic imine (C=N–C) groups is 1. The summed E-state index contributed by atoms with van der Waals surface area (Å²) in [4.78, 5) is 5.45. The van der Waals surface area contributed by atoms with Crippen molar-refractivity contribution in [1.82, 2.24) is 10.2 Å². The third-order valence-corrected chi connectivity index (χ3v) is 4.63. The van der Waals surface area contributed by atoms with Gasteiger partial charge in [-0.15, -0.1) is 0 Å². The van der Waals surface area contributed by atoms with Crippen molar-refractivity contribution in [2.75, 3.05) is 26.4 Å². The van der Waals surface area contributed by atoms with Crippen molar-refractivity contribution in [3.8, 4) is 0 Å². The number of sulfone groups is 1. The first kappa shape index (κ1) is 17.6. The van der Waals surface area contributed by atoms with Crippen molar-refractivity contribution >= 4 is 15.8 Å². The molecule has 1 heterocycles. The van der Waals surface area contributed by atoms with E-state index in [9.17, 15) is 21.6 Å². The largest absolute Gasteiger partial charge is 0.417 e. The van der Waals surface area contributed by atoms with Crippen LogP contribution in [0.5, 0.6) is 0 Å². The number of halogens is 3. The molecule has 128 valence electrons. The minimum Gasteiger partial charge on any atom is -0.352 e. The van der Waals surface area contributed by atoms with E-state index < -0.39 is 26.5 Å². The van der Waals surface area contributed by atoms with Crippen LogP contribution in [0.2, 0.25) is 0 Å². The van der Waals surface area contributed by atoms with Crippen molar-refractivity contribution in [2.24, 2.45) is 4.99 Å². The van der Waals surface area contributed by atoms with E-state index in [0.717, 1.165) is 31.4 Å². The zero-order valence-electron chi connectivity index (χ0n) is 12.8. The Morgan fingerprint density at radius 1 is 1.35 bits per heavy atom. The van der Waals surface area contributed by atoms with Crippen molar-refractivity contribution in [3.05, 3.63) is 29.3 Å². The number of hydrogen-bond acceptors (Lipinski definition) is 5. The second-order valence-corrected chi connectivity index (χ2v) is 7.42. The minimum atomic E-state index is -4.73. The molecule has 1 aromatic carbocycles. The Kier molecular flexibility index (Phi) is 4.88. The predicted molar refractivity (Wildman–Crippen MR) is 80.9 cm³/mol. The number of rotatable bonds is 3. The van der Waals surface area contributed by atoms with Crippen molar-refractivity contribution in [2.45, 2.75) is 24.0 Å². The highest BCUT2D eigenvalue weighted by atomic mass is 32.2. The maximum absolute atomic E-state index is 13.1. The molecular formula is C14H18F3N3O2S. The van der Waals surface area contributed by atoms with Crippen molar-refractivity contribution in [3.63, 3.8) is 0 Å². The fraction of sp³-hybridized carbons (Fsp3) is 0.500. The Morgan fingerprint density at radius 3 is 2.61 bits per heavy atom. The summed E-state index contributed by atoms with van der Waals surface area (Å²) in [5.74, 6) is 0.622. The first-order valence-corrected chi connectivity index (χ1v) is 8.88. The summed E-state index contributed by atoms with van der Waals surface area (Å²) >= 11 is 0. The Balaban J connectivity index is 2.26. The molecule has 0 spiro atoms. The molecule has 0 saturated carbocycles. The lowest BCUT2D eigenvalue weighted by Crippen LogP contribution is -2.41. The molecule has 5 nitrogen and oxygen atoms in total. The van der Waals surface area contributed by atoms with E-state index in [2.05, 4.69) is 10.3 Å². The summed E-state index contributed by atoms with van der Waals surface area (Å²) in [5, 5.41) is 2.98. The van der Waals surface area contributed by atoms with E-state index in [1.807, 2.05) is 11.9 Å². The van der Waals surface area contributed by atoms with E-state index in [1.165, 1.54) is 6.07 Å². The van der Waals surface area contributed by atoms with Gasteiger partial charge >= 0.3 is 6.18 Å². The van der Waals surface area contributed by atoms with Gasteiger partial charge in [0.2, 0.25) is 0 Å². The third kappa shape index (κ3) is 4.37. The van der Waals surface area contributed by atoms with E-state index in [4.69, 9.17) is 0 Å². The molecule has 23 heavy (non-hydrogen) atoms. The van der Waals surface area contributed by atoms with Gasteiger partial charge in [0.05, 0.1) is 10.5 Å². The first-order chi connectivity index (χ1) is 10.6. The molecule has 0 unspecified atom stereocenters. The number of nitrogens with zero attached hydrogens (tertiary/aromatic N) is 2. The zero-order chi connectivity index (χ0) is 17.3. The topological polar surface area (TPSA) is 61.8 Å². The SMILES string of the molecule is CN1CCCN=C1NCc1ccc(S(C)(=O)=O)c(C(F)(F)F)c1. The summed E-state index contributed by atoms with van der Waals surface area (Å²) in [5.41, 5.74) is -0.801. The predicted octanol–water partition coefficient (Wildman–Crippen LogP) is 1.89. The highest BCUT2D eigenvalue weighted by molar-refractivity contribution is 7.90. The molecular weight excluding hydrogens is 331 g/mol.